The van der Waals surface area contributed by atoms with Gasteiger partial charge >= 0.3 is 6.03 Å². The van der Waals surface area contributed by atoms with Crippen LogP contribution in [0.1, 0.15) is 32.1 Å². The fourth-order valence-electron chi connectivity index (χ4n) is 2.22. The predicted octanol–water partition coefficient (Wildman–Crippen LogP) is 3.98. The molecule has 0 aromatic heterocycles. The summed E-state index contributed by atoms with van der Waals surface area (Å²) in [5.74, 6) is -1.91. The molecule has 0 saturated carbocycles. The van der Waals surface area contributed by atoms with Crippen molar-refractivity contribution >= 4 is 11.7 Å². The van der Waals surface area contributed by atoms with Gasteiger partial charge in [0.1, 0.15) is 0 Å². The molecule has 0 aliphatic heterocycles. The van der Waals surface area contributed by atoms with Gasteiger partial charge in [-0.1, -0.05) is 11.6 Å². The van der Waals surface area contributed by atoms with E-state index in [0.717, 1.165) is 31.4 Å². The van der Waals surface area contributed by atoms with Gasteiger partial charge in [0, 0.05) is 18.3 Å². The minimum atomic E-state index is -0.977. The van der Waals surface area contributed by atoms with E-state index in [9.17, 15) is 13.6 Å². The van der Waals surface area contributed by atoms with Gasteiger partial charge in [0.15, 0.2) is 11.6 Å². The summed E-state index contributed by atoms with van der Waals surface area (Å²) < 4.78 is 25.7. The zero-order chi connectivity index (χ0) is 14.4. The van der Waals surface area contributed by atoms with Crippen molar-refractivity contribution in [3.05, 3.63) is 41.5 Å². The van der Waals surface area contributed by atoms with Crippen LogP contribution in [0.2, 0.25) is 0 Å². The average molecular weight is 280 g/mol. The first-order chi connectivity index (χ1) is 9.65. The summed E-state index contributed by atoms with van der Waals surface area (Å²) in [5, 5.41) is 5.18. The van der Waals surface area contributed by atoms with Crippen molar-refractivity contribution in [1.82, 2.24) is 5.32 Å². The zero-order valence-corrected chi connectivity index (χ0v) is 11.2. The van der Waals surface area contributed by atoms with Crippen LogP contribution in [0.15, 0.2) is 29.8 Å². The molecule has 2 amide bonds. The summed E-state index contributed by atoms with van der Waals surface area (Å²) in [5.41, 5.74) is 1.61. The van der Waals surface area contributed by atoms with Crippen molar-refractivity contribution in [2.45, 2.75) is 32.1 Å². The number of nitrogens with one attached hydrogen (secondary N) is 2. The molecule has 1 aliphatic rings. The molecule has 2 rings (SSSR count). The highest BCUT2D eigenvalue weighted by Crippen LogP contribution is 2.19. The van der Waals surface area contributed by atoms with Gasteiger partial charge < -0.3 is 10.6 Å². The molecule has 108 valence electrons. The van der Waals surface area contributed by atoms with E-state index < -0.39 is 17.7 Å². The number of hydrogen-bond donors (Lipinski definition) is 2. The van der Waals surface area contributed by atoms with Crippen LogP contribution < -0.4 is 10.6 Å². The molecular weight excluding hydrogens is 262 g/mol. The normalized spacial score (nSPS) is 14.6. The molecule has 5 heteroatoms. The second kappa shape index (κ2) is 7.03. The highest BCUT2D eigenvalue weighted by Gasteiger charge is 2.07. The molecule has 0 saturated heterocycles. The third-order valence-corrected chi connectivity index (χ3v) is 3.29. The smallest absolute Gasteiger partial charge is 0.319 e. The van der Waals surface area contributed by atoms with E-state index in [1.165, 1.54) is 24.5 Å². The Morgan fingerprint density at radius 2 is 2.05 bits per heavy atom. The van der Waals surface area contributed by atoms with E-state index in [2.05, 4.69) is 16.7 Å². The largest absolute Gasteiger partial charge is 0.338 e. The maximum absolute atomic E-state index is 13.0. The number of rotatable bonds is 4. The van der Waals surface area contributed by atoms with E-state index in [1.54, 1.807) is 0 Å². The monoisotopic (exact) mass is 280 g/mol. The van der Waals surface area contributed by atoms with Crippen LogP contribution in [0.3, 0.4) is 0 Å². The molecule has 2 N–H and O–H groups in total. The number of hydrogen-bond acceptors (Lipinski definition) is 1. The summed E-state index contributed by atoms with van der Waals surface area (Å²) in [6.07, 6.45) is 7.76. The summed E-state index contributed by atoms with van der Waals surface area (Å²) in [6.45, 7) is 0.543. The van der Waals surface area contributed by atoms with E-state index in [1.807, 2.05) is 0 Å². The van der Waals surface area contributed by atoms with Crippen LogP contribution in [0, 0.1) is 11.6 Å². The third kappa shape index (κ3) is 4.33. The maximum atomic E-state index is 13.0. The number of carbonyl (C=O) groups is 1. The van der Waals surface area contributed by atoms with Crippen molar-refractivity contribution in [1.29, 1.82) is 0 Å². The lowest BCUT2D eigenvalue weighted by molar-refractivity contribution is 0.252. The van der Waals surface area contributed by atoms with Crippen LogP contribution in [-0.4, -0.2) is 12.6 Å². The maximum Gasteiger partial charge on any atom is 0.319 e. The predicted molar refractivity (Wildman–Crippen MR) is 74.5 cm³/mol. The van der Waals surface area contributed by atoms with Crippen LogP contribution >= 0.6 is 0 Å². The standard InChI is InChI=1S/C15H18F2N2O/c16-13-7-6-12(10-14(13)17)19-15(20)18-9-8-11-4-2-1-3-5-11/h4,6-7,10H,1-3,5,8-9H2,(H2,18,19,20). The molecule has 3 nitrogen and oxygen atoms in total. The number of benzene rings is 1. The van der Waals surface area contributed by atoms with E-state index >= 15 is 0 Å². The first-order valence-corrected chi connectivity index (χ1v) is 6.83. The Kier molecular flexibility index (Phi) is 5.09. The van der Waals surface area contributed by atoms with E-state index in [0.29, 0.717) is 6.54 Å². The van der Waals surface area contributed by atoms with Gasteiger partial charge in [-0.25, -0.2) is 13.6 Å². The minimum Gasteiger partial charge on any atom is -0.338 e. The first kappa shape index (κ1) is 14.5. The fraction of sp³-hybridized carbons (Fsp3) is 0.400. The number of carbonyl (C=O) groups excluding carboxylic acids is 1. The fourth-order valence-corrected chi connectivity index (χ4v) is 2.22. The Balaban J connectivity index is 1.74. The van der Waals surface area contributed by atoms with E-state index in [4.69, 9.17) is 0 Å². The quantitative estimate of drug-likeness (QED) is 0.805. The third-order valence-electron chi connectivity index (χ3n) is 3.29. The van der Waals surface area contributed by atoms with Crippen LogP contribution in [-0.2, 0) is 0 Å². The lowest BCUT2D eigenvalue weighted by atomic mass is 9.97. The molecule has 0 radical (unpaired) electrons. The Labute approximate surface area is 117 Å². The van der Waals surface area contributed by atoms with Gasteiger partial charge in [-0.3, -0.25) is 0 Å². The number of allylic oxidation sites excluding steroid dienone is 1. The summed E-state index contributed by atoms with van der Waals surface area (Å²) in [6, 6.07) is 2.85. The molecule has 0 atom stereocenters. The van der Waals surface area contributed by atoms with Crippen molar-refractivity contribution in [2.24, 2.45) is 0 Å². The lowest BCUT2D eigenvalue weighted by Crippen LogP contribution is -2.29. The Morgan fingerprint density at radius 3 is 2.75 bits per heavy atom. The topological polar surface area (TPSA) is 41.1 Å². The lowest BCUT2D eigenvalue weighted by Gasteiger charge is -2.13. The van der Waals surface area contributed by atoms with Gasteiger partial charge in [-0.2, -0.15) is 0 Å². The van der Waals surface area contributed by atoms with Crippen LogP contribution in [0.25, 0.3) is 0 Å². The molecule has 1 aromatic rings. The van der Waals surface area contributed by atoms with Crippen molar-refractivity contribution in [3.63, 3.8) is 0 Å². The van der Waals surface area contributed by atoms with Crippen LogP contribution in [0.5, 0.6) is 0 Å². The molecule has 0 fully saturated rings. The molecule has 1 aliphatic carbocycles. The van der Waals surface area contributed by atoms with Gasteiger partial charge in [-0.05, 0) is 44.2 Å². The average Bonchev–Trinajstić information content (AvgIpc) is 2.44. The molecule has 0 unspecified atom stereocenters. The SMILES string of the molecule is O=C(NCCC1=CCCCC1)Nc1ccc(F)c(F)c1. The van der Waals surface area contributed by atoms with Gasteiger partial charge in [0.05, 0.1) is 0 Å². The number of amides is 2. The van der Waals surface area contributed by atoms with Gasteiger partial charge in [0.2, 0.25) is 0 Å². The van der Waals surface area contributed by atoms with Gasteiger partial charge in [0.25, 0.3) is 0 Å². The van der Waals surface area contributed by atoms with Crippen molar-refractivity contribution in [2.75, 3.05) is 11.9 Å². The zero-order valence-electron chi connectivity index (χ0n) is 11.2. The molecule has 0 spiro atoms. The van der Waals surface area contributed by atoms with E-state index in [-0.39, 0.29) is 5.69 Å². The highest BCUT2D eigenvalue weighted by molar-refractivity contribution is 5.89. The second-order valence-corrected chi connectivity index (χ2v) is 4.87. The Hall–Kier alpha value is -1.91. The van der Waals surface area contributed by atoms with Crippen LogP contribution in [0.4, 0.5) is 19.3 Å². The van der Waals surface area contributed by atoms with Crippen molar-refractivity contribution in [3.8, 4) is 0 Å². The summed E-state index contributed by atoms with van der Waals surface area (Å²) in [4.78, 5) is 11.6. The number of halogens is 2. The molecule has 0 heterocycles. The molecule has 0 bridgehead atoms. The highest BCUT2D eigenvalue weighted by atomic mass is 19.2. The summed E-state index contributed by atoms with van der Waals surface area (Å²) >= 11 is 0. The first-order valence-electron chi connectivity index (χ1n) is 6.83. The minimum absolute atomic E-state index is 0.235. The number of anilines is 1. The second-order valence-electron chi connectivity index (χ2n) is 4.87. The Bertz CT molecular complexity index is 515. The summed E-state index contributed by atoms with van der Waals surface area (Å²) in [7, 11) is 0. The number of urea groups is 1. The molecule has 1 aromatic carbocycles. The molecular formula is C15H18F2N2O. The Morgan fingerprint density at radius 1 is 1.20 bits per heavy atom. The van der Waals surface area contributed by atoms with Crippen molar-refractivity contribution < 1.29 is 13.6 Å². The van der Waals surface area contributed by atoms with Gasteiger partial charge in [-0.15, -0.1) is 0 Å². The molecule has 20 heavy (non-hydrogen) atoms.